The average molecular weight is 406 g/mol. The SMILES string of the molecule is COc1ccc(-c2nc(CC(=O)NC(CCCNC(N)=O)C(=O)O)cs2)cc1. The highest BCUT2D eigenvalue weighted by molar-refractivity contribution is 7.13. The van der Waals surface area contributed by atoms with Gasteiger partial charge in [-0.2, -0.15) is 0 Å². The lowest BCUT2D eigenvalue weighted by atomic mass is 10.1. The number of carbonyl (C=O) groups excluding carboxylic acids is 2. The van der Waals surface area contributed by atoms with Crippen molar-refractivity contribution in [3.63, 3.8) is 0 Å². The Morgan fingerprint density at radius 2 is 2.00 bits per heavy atom. The van der Waals surface area contributed by atoms with Gasteiger partial charge in [0.05, 0.1) is 19.2 Å². The molecule has 2 aromatic rings. The number of primary amides is 1. The van der Waals surface area contributed by atoms with Gasteiger partial charge in [0.1, 0.15) is 16.8 Å². The third kappa shape index (κ3) is 6.54. The lowest BCUT2D eigenvalue weighted by molar-refractivity contribution is -0.141. The van der Waals surface area contributed by atoms with Crippen molar-refractivity contribution in [1.29, 1.82) is 0 Å². The van der Waals surface area contributed by atoms with E-state index in [1.807, 2.05) is 24.3 Å². The third-order valence-electron chi connectivity index (χ3n) is 3.83. The van der Waals surface area contributed by atoms with Crippen LogP contribution in [0, 0.1) is 0 Å². The maximum Gasteiger partial charge on any atom is 0.326 e. The molecule has 0 aliphatic carbocycles. The van der Waals surface area contributed by atoms with E-state index < -0.39 is 23.9 Å². The fourth-order valence-electron chi connectivity index (χ4n) is 2.44. The first-order chi connectivity index (χ1) is 13.4. The second-order valence-corrected chi connectivity index (χ2v) is 6.80. The minimum absolute atomic E-state index is 0.0179. The van der Waals surface area contributed by atoms with E-state index in [9.17, 15) is 19.5 Å². The fourth-order valence-corrected chi connectivity index (χ4v) is 3.27. The quantitative estimate of drug-likeness (QED) is 0.439. The van der Waals surface area contributed by atoms with Crippen LogP contribution in [0.15, 0.2) is 29.6 Å². The average Bonchev–Trinajstić information content (AvgIpc) is 3.12. The molecule has 0 aliphatic heterocycles. The molecule has 0 saturated heterocycles. The highest BCUT2D eigenvalue weighted by atomic mass is 32.1. The van der Waals surface area contributed by atoms with E-state index in [4.69, 9.17) is 10.5 Å². The second-order valence-electron chi connectivity index (χ2n) is 5.94. The maximum atomic E-state index is 12.2. The number of thiazole rings is 1. The van der Waals surface area contributed by atoms with E-state index in [1.54, 1.807) is 12.5 Å². The summed E-state index contributed by atoms with van der Waals surface area (Å²) in [5.74, 6) is -0.822. The van der Waals surface area contributed by atoms with Gasteiger partial charge in [-0.25, -0.2) is 14.6 Å². The number of urea groups is 1. The first-order valence-corrected chi connectivity index (χ1v) is 9.41. The Kier molecular flexibility index (Phi) is 7.76. The predicted octanol–water partition coefficient (Wildman–Crippen LogP) is 1.38. The lowest BCUT2D eigenvalue weighted by Gasteiger charge is -2.14. The van der Waals surface area contributed by atoms with Crippen LogP contribution in [0.25, 0.3) is 10.6 Å². The number of carboxylic acids is 1. The number of nitrogens with one attached hydrogen (secondary N) is 2. The van der Waals surface area contributed by atoms with Gasteiger partial charge in [-0.3, -0.25) is 4.79 Å². The Bertz CT molecular complexity index is 822. The lowest BCUT2D eigenvalue weighted by Crippen LogP contribution is -2.42. The van der Waals surface area contributed by atoms with E-state index in [0.29, 0.717) is 12.1 Å². The first-order valence-electron chi connectivity index (χ1n) is 8.53. The minimum atomic E-state index is -1.13. The first kappa shape index (κ1) is 21.2. The summed E-state index contributed by atoms with van der Waals surface area (Å²) < 4.78 is 5.12. The molecule has 5 N–H and O–H groups in total. The molecular formula is C18H22N4O5S. The van der Waals surface area contributed by atoms with Crippen LogP contribution in [0.2, 0.25) is 0 Å². The molecule has 2 rings (SSSR count). The summed E-state index contributed by atoms with van der Waals surface area (Å²) in [6, 6.07) is 5.69. The van der Waals surface area contributed by atoms with Gasteiger partial charge in [0.2, 0.25) is 5.91 Å². The predicted molar refractivity (Wildman–Crippen MR) is 104 cm³/mol. The Balaban J connectivity index is 1.89. The number of hydrogen-bond donors (Lipinski definition) is 4. The molecule has 10 heteroatoms. The van der Waals surface area contributed by atoms with Crippen LogP contribution in [0.5, 0.6) is 5.75 Å². The molecule has 28 heavy (non-hydrogen) atoms. The smallest absolute Gasteiger partial charge is 0.326 e. The van der Waals surface area contributed by atoms with Gasteiger partial charge in [-0.15, -0.1) is 11.3 Å². The number of methoxy groups -OCH3 is 1. The number of aliphatic carboxylic acids is 1. The molecule has 0 spiro atoms. The number of hydrogen-bond acceptors (Lipinski definition) is 6. The number of ether oxygens (including phenoxy) is 1. The molecule has 1 aromatic heterocycles. The summed E-state index contributed by atoms with van der Waals surface area (Å²) in [5, 5.41) is 16.6. The van der Waals surface area contributed by atoms with E-state index in [0.717, 1.165) is 16.3 Å². The van der Waals surface area contributed by atoms with Crippen molar-refractivity contribution in [2.75, 3.05) is 13.7 Å². The van der Waals surface area contributed by atoms with Crippen LogP contribution >= 0.6 is 11.3 Å². The Hall–Kier alpha value is -3.14. The van der Waals surface area contributed by atoms with Crippen molar-refractivity contribution in [3.05, 3.63) is 35.3 Å². The zero-order valence-electron chi connectivity index (χ0n) is 15.3. The molecular weight excluding hydrogens is 384 g/mol. The number of benzene rings is 1. The molecule has 0 fully saturated rings. The number of carbonyl (C=O) groups is 3. The molecule has 1 atom stereocenters. The second kappa shape index (κ2) is 10.3. The number of aromatic nitrogens is 1. The van der Waals surface area contributed by atoms with Crippen molar-refractivity contribution in [2.45, 2.75) is 25.3 Å². The van der Waals surface area contributed by atoms with E-state index in [-0.39, 0.29) is 19.4 Å². The van der Waals surface area contributed by atoms with Crippen LogP contribution in [0.4, 0.5) is 4.79 Å². The highest BCUT2D eigenvalue weighted by Crippen LogP contribution is 2.25. The van der Waals surface area contributed by atoms with E-state index in [1.165, 1.54) is 11.3 Å². The summed E-state index contributed by atoms with van der Waals surface area (Å²) in [6.07, 6.45) is 0.532. The summed E-state index contributed by atoms with van der Waals surface area (Å²) in [6.45, 7) is 0.242. The van der Waals surface area contributed by atoms with Gasteiger partial charge in [-0.1, -0.05) is 0 Å². The molecule has 1 unspecified atom stereocenters. The normalized spacial score (nSPS) is 11.5. The summed E-state index contributed by atoms with van der Waals surface area (Å²) in [7, 11) is 1.59. The number of carboxylic acid groups (broad SMARTS) is 1. The van der Waals surface area contributed by atoms with Crippen molar-refractivity contribution in [3.8, 4) is 16.3 Å². The van der Waals surface area contributed by atoms with Gasteiger partial charge in [0, 0.05) is 17.5 Å². The standard InChI is InChI=1S/C18H22N4O5S/c1-27-13-6-4-11(5-7-13)16-21-12(10-28-16)9-15(23)22-14(17(24)25)3-2-8-20-18(19)26/h4-7,10,14H,2-3,8-9H2,1H3,(H,22,23)(H,24,25)(H3,19,20,26). The monoisotopic (exact) mass is 406 g/mol. The van der Waals surface area contributed by atoms with Gasteiger partial charge in [-0.05, 0) is 37.1 Å². The molecule has 150 valence electrons. The Morgan fingerprint density at radius 3 is 2.61 bits per heavy atom. The third-order valence-corrected chi connectivity index (χ3v) is 4.77. The molecule has 1 heterocycles. The van der Waals surface area contributed by atoms with Gasteiger partial charge in [0.25, 0.3) is 0 Å². The molecule has 9 nitrogen and oxygen atoms in total. The largest absolute Gasteiger partial charge is 0.497 e. The fraction of sp³-hybridized carbons (Fsp3) is 0.333. The molecule has 0 radical (unpaired) electrons. The number of rotatable bonds is 10. The van der Waals surface area contributed by atoms with Crippen LogP contribution in [-0.4, -0.2) is 47.7 Å². The highest BCUT2D eigenvalue weighted by Gasteiger charge is 2.20. The van der Waals surface area contributed by atoms with Crippen LogP contribution < -0.4 is 21.1 Å². The van der Waals surface area contributed by atoms with Crippen molar-refractivity contribution in [1.82, 2.24) is 15.6 Å². The van der Waals surface area contributed by atoms with Crippen molar-refractivity contribution in [2.24, 2.45) is 5.73 Å². The van der Waals surface area contributed by atoms with E-state index in [2.05, 4.69) is 15.6 Å². The zero-order valence-corrected chi connectivity index (χ0v) is 16.1. The van der Waals surface area contributed by atoms with Crippen LogP contribution in [-0.2, 0) is 16.0 Å². The minimum Gasteiger partial charge on any atom is -0.497 e. The number of nitrogens with zero attached hydrogens (tertiary/aromatic N) is 1. The van der Waals surface area contributed by atoms with Crippen molar-refractivity contribution < 1.29 is 24.2 Å². The number of nitrogens with two attached hydrogens (primary N) is 1. The summed E-state index contributed by atoms with van der Waals surface area (Å²) in [5.41, 5.74) is 6.41. The summed E-state index contributed by atoms with van der Waals surface area (Å²) >= 11 is 1.40. The molecule has 0 aliphatic rings. The van der Waals surface area contributed by atoms with Gasteiger partial charge >= 0.3 is 12.0 Å². The van der Waals surface area contributed by atoms with Crippen molar-refractivity contribution >= 4 is 29.2 Å². The van der Waals surface area contributed by atoms with Gasteiger partial charge < -0.3 is 26.2 Å². The molecule has 0 bridgehead atoms. The van der Waals surface area contributed by atoms with Gasteiger partial charge in [0.15, 0.2) is 0 Å². The van der Waals surface area contributed by atoms with Crippen LogP contribution in [0.1, 0.15) is 18.5 Å². The summed E-state index contributed by atoms with van der Waals surface area (Å²) in [4.78, 5) is 38.5. The maximum absolute atomic E-state index is 12.2. The zero-order chi connectivity index (χ0) is 20.5. The van der Waals surface area contributed by atoms with E-state index >= 15 is 0 Å². The topological polar surface area (TPSA) is 144 Å². The molecule has 1 aromatic carbocycles. The number of amides is 3. The van der Waals surface area contributed by atoms with Crippen LogP contribution in [0.3, 0.4) is 0 Å². The molecule has 3 amide bonds. The Labute approximate surface area is 165 Å². The Morgan fingerprint density at radius 1 is 1.29 bits per heavy atom. The molecule has 0 saturated carbocycles.